The summed E-state index contributed by atoms with van der Waals surface area (Å²) >= 11 is 0. The summed E-state index contributed by atoms with van der Waals surface area (Å²) < 4.78 is 36.9. The van der Waals surface area contributed by atoms with Crippen LogP contribution in [0.15, 0.2) is 41.0 Å². The van der Waals surface area contributed by atoms with E-state index in [1.165, 1.54) is 42.8 Å². The fourth-order valence-corrected chi connectivity index (χ4v) is 6.78. The minimum absolute atomic E-state index is 0.0490. The molecule has 3 aliphatic heterocycles. The Balaban J connectivity index is 1.31. The SMILES string of the molecule is Cc1cc(N=S2CCCC2)cc2ncnc(Nc3ccc(F)cc3O[C@@H]3COC4CCOC43)c12. The highest BCUT2D eigenvalue weighted by molar-refractivity contribution is 7.87. The lowest BCUT2D eigenvalue weighted by Gasteiger charge is -2.21. The first kappa shape index (κ1) is 21.9. The van der Waals surface area contributed by atoms with Gasteiger partial charge in [0.15, 0.2) is 6.10 Å². The fourth-order valence-electron chi connectivity index (χ4n) is 4.92. The maximum Gasteiger partial charge on any atom is 0.151 e. The molecule has 7 nitrogen and oxygen atoms in total. The lowest BCUT2D eigenvalue weighted by Crippen LogP contribution is -2.32. The molecular formula is C25H27FN4O3S. The molecule has 2 aromatic carbocycles. The molecule has 3 aliphatic rings. The van der Waals surface area contributed by atoms with Gasteiger partial charge in [-0.05, 0) is 56.0 Å². The molecule has 0 bridgehead atoms. The average Bonchev–Trinajstić information content (AvgIpc) is 3.56. The molecule has 4 heterocycles. The average molecular weight is 483 g/mol. The van der Waals surface area contributed by atoms with Crippen molar-refractivity contribution < 1.29 is 18.6 Å². The number of nitrogens with one attached hydrogen (secondary N) is 1. The lowest BCUT2D eigenvalue weighted by atomic mass is 10.1. The third-order valence-corrected chi connectivity index (χ3v) is 8.55. The standard InChI is InChI=1S/C25H27FN4O3S/c1-15-10-17(30-34-8-2-3-9-34)12-19-23(15)25(28-14-27-19)29-18-5-4-16(26)11-21(18)33-22-13-32-20-6-7-31-24(20)22/h4-5,10-12,14,20,22,24H,2-3,6-9,13H2,1H3,(H,27,28,29)/t20?,22-,24?/m1/s1. The highest BCUT2D eigenvalue weighted by atomic mass is 32.2. The van der Waals surface area contributed by atoms with E-state index in [9.17, 15) is 4.39 Å². The van der Waals surface area contributed by atoms with Gasteiger partial charge in [0.05, 0.1) is 29.6 Å². The Morgan fingerprint density at radius 2 is 2.03 bits per heavy atom. The molecule has 3 fully saturated rings. The van der Waals surface area contributed by atoms with E-state index in [0.29, 0.717) is 30.5 Å². The molecule has 2 unspecified atom stereocenters. The van der Waals surface area contributed by atoms with Gasteiger partial charge in [-0.1, -0.05) is 10.7 Å². The first-order valence-electron chi connectivity index (χ1n) is 11.8. The Morgan fingerprint density at radius 3 is 2.91 bits per heavy atom. The van der Waals surface area contributed by atoms with Gasteiger partial charge in [0.25, 0.3) is 0 Å². The molecule has 1 aromatic heterocycles. The van der Waals surface area contributed by atoms with Crippen molar-refractivity contribution in [3.8, 4) is 5.75 Å². The van der Waals surface area contributed by atoms with E-state index in [1.807, 2.05) is 13.0 Å². The van der Waals surface area contributed by atoms with Crippen molar-refractivity contribution in [1.82, 2.24) is 9.97 Å². The molecule has 178 valence electrons. The second-order valence-electron chi connectivity index (χ2n) is 8.97. The summed E-state index contributed by atoms with van der Waals surface area (Å²) in [6, 6.07) is 8.58. The molecule has 1 N–H and O–H groups in total. The van der Waals surface area contributed by atoms with Crippen LogP contribution in [0.4, 0.5) is 21.6 Å². The van der Waals surface area contributed by atoms with Crippen molar-refractivity contribution in [3.05, 3.63) is 48.0 Å². The summed E-state index contributed by atoms with van der Waals surface area (Å²) in [4.78, 5) is 9.00. The van der Waals surface area contributed by atoms with E-state index >= 15 is 0 Å². The van der Waals surface area contributed by atoms with E-state index in [1.54, 1.807) is 6.07 Å². The van der Waals surface area contributed by atoms with Gasteiger partial charge in [0.1, 0.15) is 29.8 Å². The first-order valence-corrected chi connectivity index (χ1v) is 13.3. The van der Waals surface area contributed by atoms with Gasteiger partial charge in [-0.2, -0.15) is 0 Å². The second-order valence-corrected chi connectivity index (χ2v) is 10.9. The van der Waals surface area contributed by atoms with Gasteiger partial charge in [0, 0.05) is 29.6 Å². The number of ether oxygens (including phenoxy) is 3. The topological polar surface area (TPSA) is 77.9 Å². The van der Waals surface area contributed by atoms with Crippen LogP contribution in [0.25, 0.3) is 10.9 Å². The molecule has 0 aliphatic carbocycles. The maximum atomic E-state index is 14.2. The summed E-state index contributed by atoms with van der Waals surface area (Å²) in [6.45, 7) is 3.13. The Hall–Kier alpha value is -2.62. The Kier molecular flexibility index (Phi) is 5.92. The monoisotopic (exact) mass is 482 g/mol. The highest BCUT2D eigenvalue weighted by Crippen LogP contribution is 2.36. The molecule has 3 atom stereocenters. The Labute approximate surface area is 200 Å². The van der Waals surface area contributed by atoms with Crippen LogP contribution < -0.4 is 10.1 Å². The van der Waals surface area contributed by atoms with E-state index in [2.05, 4.69) is 21.4 Å². The van der Waals surface area contributed by atoms with Crippen molar-refractivity contribution in [1.29, 1.82) is 0 Å². The van der Waals surface area contributed by atoms with Crippen molar-refractivity contribution >= 4 is 38.8 Å². The maximum absolute atomic E-state index is 14.2. The molecule has 0 saturated carbocycles. The third kappa shape index (κ3) is 4.28. The molecule has 34 heavy (non-hydrogen) atoms. The highest BCUT2D eigenvalue weighted by Gasteiger charge is 2.43. The predicted octanol–water partition coefficient (Wildman–Crippen LogP) is 4.98. The summed E-state index contributed by atoms with van der Waals surface area (Å²) in [6.07, 6.45) is 4.57. The number of aromatic nitrogens is 2. The number of hydrogen-bond donors (Lipinski definition) is 1. The number of anilines is 2. The zero-order valence-electron chi connectivity index (χ0n) is 19.0. The molecule has 3 saturated heterocycles. The zero-order chi connectivity index (χ0) is 23.1. The molecule has 3 aromatic rings. The summed E-state index contributed by atoms with van der Waals surface area (Å²) in [5.74, 6) is 3.04. The van der Waals surface area contributed by atoms with Crippen LogP contribution in [0.2, 0.25) is 0 Å². The number of benzene rings is 2. The molecule has 0 radical (unpaired) electrons. The lowest BCUT2D eigenvalue weighted by molar-refractivity contribution is 0.0310. The van der Waals surface area contributed by atoms with E-state index in [4.69, 9.17) is 18.6 Å². The summed E-state index contributed by atoms with van der Waals surface area (Å²) in [5.41, 5.74) is 3.47. The van der Waals surface area contributed by atoms with Crippen LogP contribution in [0.5, 0.6) is 5.75 Å². The van der Waals surface area contributed by atoms with Crippen LogP contribution in [0.1, 0.15) is 24.8 Å². The van der Waals surface area contributed by atoms with Gasteiger partial charge >= 0.3 is 0 Å². The van der Waals surface area contributed by atoms with Crippen LogP contribution in [-0.2, 0) is 20.2 Å². The predicted molar refractivity (Wildman–Crippen MR) is 131 cm³/mol. The summed E-state index contributed by atoms with van der Waals surface area (Å²) in [7, 11) is 0.117. The van der Waals surface area contributed by atoms with Crippen molar-refractivity contribution in [2.75, 3.05) is 30.0 Å². The van der Waals surface area contributed by atoms with Gasteiger partial charge < -0.3 is 19.5 Å². The van der Waals surface area contributed by atoms with Crippen LogP contribution in [-0.4, -0.2) is 53.0 Å². The van der Waals surface area contributed by atoms with Crippen molar-refractivity contribution in [2.45, 2.75) is 44.5 Å². The molecule has 0 amide bonds. The van der Waals surface area contributed by atoms with E-state index < -0.39 is 0 Å². The Morgan fingerprint density at radius 1 is 1.15 bits per heavy atom. The van der Waals surface area contributed by atoms with Gasteiger partial charge in [-0.25, -0.2) is 18.7 Å². The molecular weight excluding hydrogens is 455 g/mol. The van der Waals surface area contributed by atoms with E-state index in [-0.39, 0.29) is 34.8 Å². The molecule has 0 spiro atoms. The number of rotatable bonds is 5. The zero-order valence-corrected chi connectivity index (χ0v) is 19.8. The number of aryl methyl sites for hydroxylation is 1. The number of halogens is 1. The van der Waals surface area contributed by atoms with Gasteiger partial charge in [-0.3, -0.25) is 0 Å². The number of fused-ring (bicyclic) bond motifs is 2. The number of nitrogens with zero attached hydrogens (tertiary/aromatic N) is 3. The normalized spacial score (nSPS) is 24.5. The van der Waals surface area contributed by atoms with Crippen molar-refractivity contribution in [2.24, 2.45) is 4.36 Å². The fraction of sp³-hybridized carbons (Fsp3) is 0.440. The Bertz CT molecular complexity index is 1260. The van der Waals surface area contributed by atoms with Gasteiger partial charge in [0.2, 0.25) is 0 Å². The molecule has 9 heteroatoms. The minimum atomic E-state index is -0.369. The number of hydrogen-bond acceptors (Lipinski definition) is 7. The summed E-state index contributed by atoms with van der Waals surface area (Å²) in [5, 5.41) is 4.27. The second kappa shape index (κ2) is 9.20. The smallest absolute Gasteiger partial charge is 0.151 e. The quantitative estimate of drug-likeness (QED) is 0.553. The van der Waals surface area contributed by atoms with Crippen LogP contribution in [0.3, 0.4) is 0 Å². The van der Waals surface area contributed by atoms with Crippen LogP contribution in [0, 0.1) is 12.7 Å². The minimum Gasteiger partial charge on any atom is -0.483 e. The third-order valence-electron chi connectivity index (χ3n) is 6.56. The van der Waals surface area contributed by atoms with Crippen molar-refractivity contribution in [3.63, 3.8) is 0 Å². The first-order chi connectivity index (χ1) is 16.6. The largest absolute Gasteiger partial charge is 0.483 e. The van der Waals surface area contributed by atoms with E-state index in [0.717, 1.165) is 28.6 Å². The van der Waals surface area contributed by atoms with Gasteiger partial charge in [-0.15, -0.1) is 0 Å². The molecule has 6 rings (SSSR count). The van der Waals surface area contributed by atoms with Crippen LogP contribution >= 0.6 is 0 Å².